The monoisotopic (exact) mass is 403 g/mol. The summed E-state index contributed by atoms with van der Waals surface area (Å²) >= 11 is 0. The molecule has 4 aromatic rings. The SMILES string of the molecule is Cn1nc(-c2cc3cc(CN4CCC(N)CC4)ccc3[nH]2)c2ccc(C(=O)O)cc21. The Hall–Kier alpha value is -3.16. The maximum atomic E-state index is 11.3. The van der Waals surface area contributed by atoms with Crippen molar-refractivity contribution >= 4 is 27.8 Å². The summed E-state index contributed by atoms with van der Waals surface area (Å²) in [5.41, 5.74) is 11.2. The number of nitrogens with one attached hydrogen (secondary N) is 1. The summed E-state index contributed by atoms with van der Waals surface area (Å²) in [4.78, 5) is 17.2. The van der Waals surface area contributed by atoms with Crippen molar-refractivity contribution < 1.29 is 9.90 Å². The molecule has 0 unspecified atom stereocenters. The molecule has 3 heterocycles. The Balaban J connectivity index is 1.47. The van der Waals surface area contributed by atoms with Crippen molar-refractivity contribution in [2.45, 2.75) is 25.4 Å². The summed E-state index contributed by atoms with van der Waals surface area (Å²) in [5, 5.41) is 16.0. The molecule has 0 amide bonds. The Morgan fingerprint density at radius 3 is 2.77 bits per heavy atom. The lowest BCUT2D eigenvalue weighted by atomic mass is 10.0. The number of fused-ring (bicyclic) bond motifs is 2. The number of carbonyl (C=O) groups is 1. The molecular formula is C23H25N5O2. The van der Waals surface area contributed by atoms with Crippen LogP contribution in [0.2, 0.25) is 0 Å². The second kappa shape index (κ2) is 7.27. The van der Waals surface area contributed by atoms with Crippen molar-refractivity contribution in [3.8, 4) is 11.4 Å². The van der Waals surface area contributed by atoms with Gasteiger partial charge in [0.2, 0.25) is 0 Å². The van der Waals surface area contributed by atoms with Crippen LogP contribution in [0.1, 0.15) is 28.8 Å². The minimum Gasteiger partial charge on any atom is -0.478 e. The molecule has 0 aliphatic carbocycles. The van der Waals surface area contributed by atoms with Crippen molar-refractivity contribution in [3.63, 3.8) is 0 Å². The van der Waals surface area contributed by atoms with E-state index in [1.807, 2.05) is 13.1 Å². The fourth-order valence-corrected chi connectivity index (χ4v) is 4.37. The molecule has 2 aromatic carbocycles. The maximum absolute atomic E-state index is 11.3. The van der Waals surface area contributed by atoms with Crippen LogP contribution in [0, 0.1) is 0 Å². The Labute approximate surface area is 174 Å². The molecule has 0 bridgehead atoms. The predicted molar refractivity (Wildman–Crippen MR) is 117 cm³/mol. The zero-order chi connectivity index (χ0) is 20.8. The van der Waals surface area contributed by atoms with Gasteiger partial charge in [0.25, 0.3) is 0 Å². The summed E-state index contributed by atoms with van der Waals surface area (Å²) in [5.74, 6) is -0.937. The number of rotatable bonds is 4. The molecule has 4 N–H and O–H groups in total. The first kappa shape index (κ1) is 18.8. The third kappa shape index (κ3) is 3.36. The van der Waals surface area contributed by atoms with Crippen LogP contribution in [-0.2, 0) is 13.6 Å². The normalized spacial score (nSPS) is 15.9. The van der Waals surface area contributed by atoms with E-state index in [-0.39, 0.29) is 5.56 Å². The number of likely N-dealkylation sites (tertiary alicyclic amines) is 1. The highest BCUT2D eigenvalue weighted by Crippen LogP contribution is 2.31. The highest BCUT2D eigenvalue weighted by atomic mass is 16.4. The fraction of sp³-hybridized carbons (Fsp3) is 0.304. The molecule has 1 aliphatic rings. The molecule has 1 aliphatic heterocycles. The number of carboxylic acids is 1. The molecule has 0 saturated carbocycles. The number of aromatic amines is 1. The number of piperidine rings is 1. The van der Waals surface area contributed by atoms with Gasteiger partial charge in [0, 0.05) is 35.9 Å². The summed E-state index contributed by atoms with van der Waals surface area (Å²) < 4.78 is 1.73. The van der Waals surface area contributed by atoms with Crippen LogP contribution < -0.4 is 5.73 Å². The molecule has 1 fully saturated rings. The second-order valence-corrected chi connectivity index (χ2v) is 8.23. The molecule has 7 heteroatoms. The van der Waals surface area contributed by atoms with Gasteiger partial charge in [-0.2, -0.15) is 5.10 Å². The molecule has 0 radical (unpaired) electrons. The predicted octanol–water partition coefficient (Wildman–Crippen LogP) is 3.34. The van der Waals surface area contributed by atoms with Crippen molar-refractivity contribution in [2.75, 3.05) is 13.1 Å². The Morgan fingerprint density at radius 1 is 1.20 bits per heavy atom. The Morgan fingerprint density at radius 2 is 2.00 bits per heavy atom. The number of H-pyrrole nitrogens is 1. The lowest BCUT2D eigenvalue weighted by Crippen LogP contribution is -2.39. The third-order valence-electron chi connectivity index (χ3n) is 6.08. The van der Waals surface area contributed by atoms with E-state index in [1.165, 1.54) is 5.56 Å². The number of nitrogens with two attached hydrogens (primary N) is 1. The van der Waals surface area contributed by atoms with Crippen molar-refractivity contribution in [1.29, 1.82) is 0 Å². The fourth-order valence-electron chi connectivity index (χ4n) is 4.37. The average molecular weight is 403 g/mol. The summed E-state index contributed by atoms with van der Waals surface area (Å²) in [6.07, 6.45) is 2.12. The van der Waals surface area contributed by atoms with E-state index in [1.54, 1.807) is 16.8 Å². The third-order valence-corrected chi connectivity index (χ3v) is 6.08. The zero-order valence-corrected chi connectivity index (χ0v) is 16.9. The van der Waals surface area contributed by atoms with Crippen LogP contribution in [0.4, 0.5) is 0 Å². The van der Waals surface area contributed by atoms with Gasteiger partial charge >= 0.3 is 5.97 Å². The maximum Gasteiger partial charge on any atom is 0.335 e. The van der Waals surface area contributed by atoms with Gasteiger partial charge in [-0.1, -0.05) is 6.07 Å². The molecule has 30 heavy (non-hydrogen) atoms. The number of nitrogens with zero attached hydrogens (tertiary/aromatic N) is 3. The van der Waals surface area contributed by atoms with Crippen molar-refractivity contribution in [1.82, 2.24) is 19.7 Å². The molecule has 154 valence electrons. The summed E-state index contributed by atoms with van der Waals surface area (Å²) in [6, 6.07) is 14.1. The second-order valence-electron chi connectivity index (χ2n) is 8.23. The van der Waals surface area contributed by atoms with Gasteiger partial charge in [-0.15, -0.1) is 0 Å². The lowest BCUT2D eigenvalue weighted by molar-refractivity contribution is 0.0697. The highest BCUT2D eigenvalue weighted by Gasteiger charge is 2.17. The van der Waals surface area contributed by atoms with Crippen LogP contribution in [0.15, 0.2) is 42.5 Å². The van der Waals surface area contributed by atoms with Gasteiger partial charge in [-0.05, 0) is 67.9 Å². The largest absolute Gasteiger partial charge is 0.478 e. The van der Waals surface area contributed by atoms with Gasteiger partial charge in [0.15, 0.2) is 0 Å². The summed E-state index contributed by atoms with van der Waals surface area (Å²) in [6.45, 7) is 3.04. The minimum atomic E-state index is -0.937. The molecule has 5 rings (SSSR count). The number of hydrogen-bond donors (Lipinski definition) is 3. The van der Waals surface area contributed by atoms with Crippen LogP contribution in [0.25, 0.3) is 33.2 Å². The Kier molecular flexibility index (Phi) is 4.56. The number of carboxylic acid groups (broad SMARTS) is 1. The van der Waals surface area contributed by atoms with Crippen LogP contribution in [0.5, 0.6) is 0 Å². The number of aryl methyl sites for hydroxylation is 1. The Bertz CT molecular complexity index is 1250. The van der Waals surface area contributed by atoms with Gasteiger partial charge in [-0.25, -0.2) is 4.79 Å². The summed E-state index contributed by atoms with van der Waals surface area (Å²) in [7, 11) is 1.84. The van der Waals surface area contributed by atoms with Gasteiger partial charge in [0.05, 0.1) is 16.8 Å². The van der Waals surface area contributed by atoms with Crippen molar-refractivity contribution in [3.05, 3.63) is 53.6 Å². The van der Waals surface area contributed by atoms with Crippen LogP contribution in [0.3, 0.4) is 0 Å². The smallest absolute Gasteiger partial charge is 0.335 e. The molecule has 1 saturated heterocycles. The van der Waals surface area contributed by atoms with E-state index in [2.05, 4.69) is 39.2 Å². The average Bonchev–Trinajstić information content (AvgIpc) is 3.30. The highest BCUT2D eigenvalue weighted by molar-refractivity contribution is 5.99. The molecular weight excluding hydrogens is 378 g/mol. The van der Waals surface area contributed by atoms with Gasteiger partial charge in [-0.3, -0.25) is 9.58 Å². The van der Waals surface area contributed by atoms with Crippen LogP contribution in [-0.4, -0.2) is 49.9 Å². The molecule has 2 aromatic heterocycles. The lowest BCUT2D eigenvalue weighted by Gasteiger charge is -2.30. The van der Waals surface area contributed by atoms with Gasteiger partial charge < -0.3 is 15.8 Å². The first-order valence-electron chi connectivity index (χ1n) is 10.3. The van der Waals surface area contributed by atoms with E-state index in [4.69, 9.17) is 5.73 Å². The first-order valence-corrected chi connectivity index (χ1v) is 10.3. The van der Waals surface area contributed by atoms with E-state index >= 15 is 0 Å². The topological polar surface area (TPSA) is 100 Å². The number of hydrogen-bond acceptors (Lipinski definition) is 4. The molecule has 0 atom stereocenters. The van der Waals surface area contributed by atoms with Crippen molar-refractivity contribution in [2.24, 2.45) is 12.8 Å². The minimum absolute atomic E-state index is 0.261. The quantitative estimate of drug-likeness (QED) is 0.485. The van der Waals surface area contributed by atoms with Gasteiger partial charge in [0.1, 0.15) is 5.69 Å². The zero-order valence-electron chi connectivity index (χ0n) is 16.9. The molecule has 0 spiro atoms. The number of benzene rings is 2. The first-order chi connectivity index (χ1) is 14.5. The van der Waals surface area contributed by atoms with E-state index < -0.39 is 5.97 Å². The number of aromatic nitrogens is 3. The van der Waals surface area contributed by atoms with Crippen LogP contribution >= 0.6 is 0 Å². The number of aromatic carboxylic acids is 1. The van der Waals surface area contributed by atoms with E-state index in [9.17, 15) is 9.90 Å². The standard InChI is InChI=1S/C23H25N5O2/c1-27-21-12-15(23(29)30)3-4-18(21)22(26-27)20-11-16-10-14(2-5-19(16)25-20)13-28-8-6-17(24)7-9-28/h2-5,10-12,17,25H,6-9,13,24H2,1H3,(H,29,30). The molecule has 7 nitrogen and oxygen atoms in total. The van der Waals surface area contributed by atoms with E-state index in [0.29, 0.717) is 6.04 Å². The van der Waals surface area contributed by atoms with E-state index in [0.717, 1.165) is 65.7 Å².